The topological polar surface area (TPSA) is 38.9 Å². The first-order chi connectivity index (χ1) is 8.00. The lowest BCUT2D eigenvalue weighted by Gasteiger charge is -2.12. The van der Waals surface area contributed by atoms with Gasteiger partial charge in [0.05, 0.1) is 5.52 Å². The Morgan fingerprint density at radius 3 is 2.65 bits per heavy atom. The monoisotopic (exact) mass is 244 g/mol. The molecule has 0 amide bonds. The second-order valence-corrected chi connectivity index (χ2v) is 5.02. The summed E-state index contributed by atoms with van der Waals surface area (Å²) in [6.45, 7) is 6.30. The Morgan fingerprint density at radius 1 is 1.35 bits per heavy atom. The van der Waals surface area contributed by atoms with E-state index in [1.807, 2.05) is 18.2 Å². The van der Waals surface area contributed by atoms with Gasteiger partial charge in [0.25, 0.3) is 0 Å². The van der Waals surface area contributed by atoms with Gasteiger partial charge in [-0.2, -0.15) is 0 Å². The highest BCUT2D eigenvalue weighted by molar-refractivity contribution is 7.80. The van der Waals surface area contributed by atoms with Crippen LogP contribution in [0.15, 0.2) is 24.3 Å². The molecule has 1 heterocycles. The summed E-state index contributed by atoms with van der Waals surface area (Å²) < 4.78 is 0. The number of nitrogens with zero attached hydrogens (tertiary/aromatic N) is 1. The van der Waals surface area contributed by atoms with Crippen molar-refractivity contribution >= 4 is 28.1 Å². The van der Waals surface area contributed by atoms with E-state index in [4.69, 9.17) is 22.9 Å². The predicted octanol–water partition coefficient (Wildman–Crippen LogP) is 3.30. The average Bonchev–Trinajstić information content (AvgIpc) is 2.28. The van der Waals surface area contributed by atoms with E-state index in [1.165, 1.54) is 0 Å². The van der Waals surface area contributed by atoms with Crippen LogP contribution in [0.2, 0.25) is 0 Å². The number of pyridine rings is 1. The van der Waals surface area contributed by atoms with Crippen molar-refractivity contribution in [2.75, 3.05) is 0 Å². The summed E-state index contributed by atoms with van der Waals surface area (Å²) in [5, 5.41) is 1.04. The van der Waals surface area contributed by atoms with Crippen LogP contribution in [0.1, 0.15) is 36.6 Å². The van der Waals surface area contributed by atoms with Crippen LogP contribution in [0.5, 0.6) is 0 Å². The van der Waals surface area contributed by atoms with Crippen molar-refractivity contribution < 1.29 is 0 Å². The normalized spacial score (nSPS) is 11.1. The Morgan fingerprint density at radius 2 is 2.06 bits per heavy atom. The predicted molar refractivity (Wildman–Crippen MR) is 76.5 cm³/mol. The number of para-hydroxylation sites is 1. The Labute approximate surface area is 107 Å². The van der Waals surface area contributed by atoms with Crippen molar-refractivity contribution in [3.05, 3.63) is 41.1 Å². The highest BCUT2D eigenvalue weighted by atomic mass is 32.1. The Bertz CT molecular complexity index is 588. The largest absolute Gasteiger partial charge is 0.389 e. The molecule has 0 aliphatic rings. The highest BCUT2D eigenvalue weighted by Gasteiger charge is 2.11. The summed E-state index contributed by atoms with van der Waals surface area (Å²) in [5.74, 6) is 0.368. The van der Waals surface area contributed by atoms with Gasteiger partial charge in [-0.05, 0) is 24.5 Å². The van der Waals surface area contributed by atoms with Gasteiger partial charge in [-0.15, -0.1) is 0 Å². The molecule has 2 aromatic rings. The van der Waals surface area contributed by atoms with Gasteiger partial charge < -0.3 is 5.73 Å². The fraction of sp³-hybridized carbons (Fsp3) is 0.286. The van der Waals surface area contributed by atoms with Crippen molar-refractivity contribution in [1.82, 2.24) is 4.98 Å². The summed E-state index contributed by atoms with van der Waals surface area (Å²) in [6, 6.07) is 8.10. The van der Waals surface area contributed by atoms with Gasteiger partial charge >= 0.3 is 0 Å². The molecule has 0 aliphatic heterocycles. The number of benzene rings is 1. The van der Waals surface area contributed by atoms with Crippen molar-refractivity contribution in [3.63, 3.8) is 0 Å². The number of aromatic nitrogens is 1. The van der Waals surface area contributed by atoms with E-state index < -0.39 is 0 Å². The minimum atomic E-state index is 0.368. The molecule has 0 bridgehead atoms. The molecule has 2 rings (SSSR count). The lowest BCUT2D eigenvalue weighted by atomic mass is 10.0. The quantitative estimate of drug-likeness (QED) is 0.824. The molecule has 0 saturated carbocycles. The second kappa shape index (κ2) is 4.41. The third kappa shape index (κ3) is 2.15. The van der Waals surface area contributed by atoms with E-state index in [0.29, 0.717) is 10.9 Å². The molecule has 0 atom stereocenters. The molecule has 0 aliphatic carbocycles. The van der Waals surface area contributed by atoms with Crippen LogP contribution in [0.25, 0.3) is 10.9 Å². The van der Waals surface area contributed by atoms with E-state index in [9.17, 15) is 0 Å². The first-order valence-corrected chi connectivity index (χ1v) is 6.11. The van der Waals surface area contributed by atoms with Gasteiger partial charge in [0.2, 0.25) is 0 Å². The molecule has 1 aromatic heterocycles. The molecular weight excluding hydrogens is 228 g/mol. The summed E-state index contributed by atoms with van der Waals surface area (Å²) >= 11 is 5.13. The minimum absolute atomic E-state index is 0.368. The molecule has 0 fully saturated rings. The summed E-state index contributed by atoms with van der Waals surface area (Å²) in [6.07, 6.45) is 0. The van der Waals surface area contributed by atoms with Crippen molar-refractivity contribution in [3.8, 4) is 0 Å². The smallest absolute Gasteiger partial charge is 0.104 e. The van der Waals surface area contributed by atoms with Gasteiger partial charge in [0.1, 0.15) is 4.99 Å². The number of hydrogen-bond acceptors (Lipinski definition) is 2. The van der Waals surface area contributed by atoms with Crippen LogP contribution in [-0.2, 0) is 0 Å². The zero-order valence-corrected chi connectivity index (χ0v) is 11.1. The molecule has 3 heteroatoms. The maximum atomic E-state index is 5.80. The van der Waals surface area contributed by atoms with Crippen molar-refractivity contribution in [2.24, 2.45) is 5.73 Å². The van der Waals surface area contributed by atoms with Crippen LogP contribution in [-0.4, -0.2) is 9.97 Å². The first-order valence-electron chi connectivity index (χ1n) is 5.70. The molecule has 1 aromatic carbocycles. The second-order valence-electron chi connectivity index (χ2n) is 4.58. The van der Waals surface area contributed by atoms with Gasteiger partial charge in [-0.1, -0.05) is 44.3 Å². The van der Waals surface area contributed by atoms with E-state index in [2.05, 4.69) is 26.8 Å². The summed E-state index contributed by atoms with van der Waals surface area (Å²) in [4.78, 5) is 5.14. The zero-order chi connectivity index (χ0) is 12.6. The van der Waals surface area contributed by atoms with E-state index >= 15 is 0 Å². The maximum Gasteiger partial charge on any atom is 0.104 e. The Hall–Kier alpha value is -1.48. The van der Waals surface area contributed by atoms with Crippen molar-refractivity contribution in [2.45, 2.75) is 26.7 Å². The Balaban J connectivity index is 2.86. The van der Waals surface area contributed by atoms with Gasteiger partial charge in [0.15, 0.2) is 0 Å². The third-order valence-electron chi connectivity index (χ3n) is 2.92. The maximum absolute atomic E-state index is 5.80. The molecule has 0 radical (unpaired) electrons. The molecular formula is C14H16N2S. The van der Waals surface area contributed by atoms with Gasteiger partial charge in [-0.25, -0.2) is 0 Å². The molecule has 2 N–H and O–H groups in total. The Kier molecular flexibility index (Phi) is 3.11. The van der Waals surface area contributed by atoms with Crippen LogP contribution >= 0.6 is 12.2 Å². The molecule has 0 unspecified atom stereocenters. The number of nitrogens with two attached hydrogens (primary N) is 1. The molecule has 88 valence electrons. The van der Waals surface area contributed by atoms with Crippen LogP contribution < -0.4 is 5.73 Å². The average molecular weight is 244 g/mol. The van der Waals surface area contributed by atoms with Crippen molar-refractivity contribution in [1.29, 1.82) is 0 Å². The summed E-state index contributed by atoms with van der Waals surface area (Å²) in [7, 11) is 0. The number of fused-ring (bicyclic) bond motifs is 1. The first kappa shape index (κ1) is 12.0. The number of thiocarbonyl (C=S) groups is 1. The molecule has 0 spiro atoms. The fourth-order valence-electron chi connectivity index (χ4n) is 1.91. The molecule has 0 saturated heterocycles. The highest BCUT2D eigenvalue weighted by Crippen LogP contribution is 2.24. The van der Waals surface area contributed by atoms with Crippen LogP contribution in [0.4, 0.5) is 0 Å². The molecule has 2 nitrogen and oxygen atoms in total. The lowest BCUT2D eigenvalue weighted by Crippen LogP contribution is -2.12. The SMILES string of the molecule is Cc1cccc2c(C(N)=S)cc(C(C)C)nc12. The number of aryl methyl sites for hydroxylation is 1. The van der Waals surface area contributed by atoms with E-state index in [0.717, 1.165) is 27.7 Å². The zero-order valence-electron chi connectivity index (χ0n) is 10.3. The fourth-order valence-corrected chi connectivity index (χ4v) is 2.08. The lowest BCUT2D eigenvalue weighted by molar-refractivity contribution is 0.829. The number of rotatable bonds is 2. The van der Waals surface area contributed by atoms with E-state index in [1.54, 1.807) is 0 Å². The standard InChI is InChI=1S/C14H16N2S/c1-8(2)12-7-11(14(15)17)10-6-4-5-9(3)13(10)16-12/h4-8H,1-3H3,(H2,15,17). The third-order valence-corrected chi connectivity index (χ3v) is 3.14. The minimum Gasteiger partial charge on any atom is -0.389 e. The molecule has 17 heavy (non-hydrogen) atoms. The van der Waals surface area contributed by atoms with E-state index in [-0.39, 0.29) is 0 Å². The van der Waals surface area contributed by atoms with Crippen LogP contribution in [0.3, 0.4) is 0 Å². The summed E-state index contributed by atoms with van der Waals surface area (Å²) in [5.41, 5.74) is 9.92. The number of hydrogen-bond donors (Lipinski definition) is 1. The van der Waals surface area contributed by atoms with Gasteiger partial charge in [0, 0.05) is 16.6 Å². The van der Waals surface area contributed by atoms with Gasteiger partial charge in [-0.3, -0.25) is 4.98 Å². The van der Waals surface area contributed by atoms with Crippen LogP contribution in [0, 0.1) is 6.92 Å².